The average Bonchev–Trinajstić information content (AvgIpc) is 2.45. The third kappa shape index (κ3) is 6.89. The smallest absolute Gasteiger partial charge is 0.717 e. The van der Waals surface area contributed by atoms with Crippen LogP contribution in [-0.4, -0.2) is 26.4 Å². The quantitative estimate of drug-likeness (QED) is 0.303. The number of hydrogen-bond acceptors (Lipinski definition) is 6. The van der Waals surface area contributed by atoms with Crippen molar-refractivity contribution in [3.8, 4) is 0 Å². The minimum absolute atomic E-state index is 0. The van der Waals surface area contributed by atoms with E-state index in [0.29, 0.717) is 10.9 Å². The largest absolute Gasteiger partial charge is 1.00 e. The van der Waals surface area contributed by atoms with Gasteiger partial charge in [0.05, 0.1) is 11.9 Å². The number of hydrogen-bond donors (Lipinski definition) is 1. The molecule has 0 aliphatic rings. The number of hydrazine groups is 1. The molecule has 0 saturated heterocycles. The van der Waals surface area contributed by atoms with Crippen LogP contribution in [0.25, 0.3) is 10.9 Å². The van der Waals surface area contributed by atoms with Crippen molar-refractivity contribution < 1.29 is 122 Å². The van der Waals surface area contributed by atoms with Gasteiger partial charge in [-0.25, -0.2) is 9.40 Å². The van der Waals surface area contributed by atoms with Crippen molar-refractivity contribution in [3.63, 3.8) is 0 Å². The number of carbonyl (C=O) groups excluding carboxylic acids is 3. The Kier molecular flexibility index (Phi) is 12.0. The SMILES string of the molecule is O=C([S-])NN(C(=O)[S-])C(=O)Cc1cc2cccnc2cc1F.[K+].[K+]. The molecule has 11 heteroatoms. The van der Waals surface area contributed by atoms with Crippen molar-refractivity contribution in [2.45, 2.75) is 6.42 Å². The Morgan fingerprint density at radius 3 is 2.46 bits per heavy atom. The van der Waals surface area contributed by atoms with E-state index in [1.165, 1.54) is 18.3 Å². The molecule has 0 aliphatic heterocycles. The third-order valence-corrected chi connectivity index (χ3v) is 3.02. The average molecular weight is 416 g/mol. The maximum atomic E-state index is 14.0. The fourth-order valence-corrected chi connectivity index (χ4v) is 2.06. The van der Waals surface area contributed by atoms with Crippen LogP contribution >= 0.6 is 0 Å². The number of benzene rings is 1. The number of carbonyl (C=O) groups is 3. The van der Waals surface area contributed by atoms with Crippen molar-refractivity contribution in [2.24, 2.45) is 0 Å². The van der Waals surface area contributed by atoms with Crippen LogP contribution < -0.4 is 108 Å². The number of rotatable bonds is 2. The molecule has 1 N–H and O–H groups in total. The van der Waals surface area contributed by atoms with Crippen LogP contribution in [0.3, 0.4) is 0 Å². The first-order valence-corrected chi connectivity index (χ1v) is 6.75. The van der Waals surface area contributed by atoms with Gasteiger partial charge in [-0.05, 0) is 17.7 Å². The topological polar surface area (TPSA) is 79.4 Å². The molecule has 0 bridgehead atoms. The van der Waals surface area contributed by atoms with Crippen LogP contribution in [0.2, 0.25) is 0 Å². The summed E-state index contributed by atoms with van der Waals surface area (Å²) in [5.74, 6) is -1.54. The summed E-state index contributed by atoms with van der Waals surface area (Å²) in [7, 11) is 0. The van der Waals surface area contributed by atoms with Crippen molar-refractivity contribution in [1.82, 2.24) is 15.4 Å². The van der Waals surface area contributed by atoms with Gasteiger partial charge in [0, 0.05) is 17.6 Å². The predicted molar refractivity (Wildman–Crippen MR) is 80.9 cm³/mol. The van der Waals surface area contributed by atoms with Gasteiger partial charge in [0.15, 0.2) is 0 Å². The van der Waals surface area contributed by atoms with Gasteiger partial charge in [0.1, 0.15) is 16.3 Å². The summed E-state index contributed by atoms with van der Waals surface area (Å²) in [6.45, 7) is 0. The number of nitrogens with one attached hydrogen (secondary N) is 1. The molecule has 0 fully saturated rings. The molecular weight excluding hydrogens is 407 g/mol. The van der Waals surface area contributed by atoms with E-state index in [-0.39, 0.29) is 113 Å². The van der Waals surface area contributed by atoms with E-state index in [1.54, 1.807) is 12.1 Å². The molecule has 0 spiro atoms. The Hall–Kier alpha value is 0.883. The van der Waals surface area contributed by atoms with Crippen LogP contribution in [-0.2, 0) is 36.5 Å². The van der Waals surface area contributed by atoms with Gasteiger partial charge in [-0.1, -0.05) is 6.07 Å². The van der Waals surface area contributed by atoms with E-state index < -0.39 is 28.6 Å². The zero-order valence-corrected chi connectivity index (χ0v) is 20.8. The maximum Gasteiger partial charge on any atom is 1.00 e. The molecule has 6 nitrogen and oxygen atoms in total. The van der Waals surface area contributed by atoms with Gasteiger partial charge in [-0.3, -0.25) is 20.0 Å². The first kappa shape index (κ1) is 24.9. The van der Waals surface area contributed by atoms with Gasteiger partial charge in [0.2, 0.25) is 0 Å². The fourth-order valence-electron chi connectivity index (χ4n) is 1.82. The number of nitrogens with zero attached hydrogens (tertiary/aromatic N) is 2. The van der Waals surface area contributed by atoms with Crippen LogP contribution in [0.4, 0.5) is 14.0 Å². The Bertz CT molecular complexity index is 779. The van der Waals surface area contributed by atoms with Crippen molar-refractivity contribution in [3.05, 3.63) is 41.8 Å². The molecule has 2 aromatic rings. The first-order valence-electron chi connectivity index (χ1n) is 5.93. The van der Waals surface area contributed by atoms with Crippen LogP contribution in [0.15, 0.2) is 30.5 Å². The second kappa shape index (κ2) is 11.6. The summed E-state index contributed by atoms with van der Waals surface area (Å²) in [5, 5.41) is -1.26. The van der Waals surface area contributed by atoms with Crippen LogP contribution in [0, 0.1) is 5.82 Å². The third-order valence-electron chi connectivity index (χ3n) is 2.75. The van der Waals surface area contributed by atoms with Crippen molar-refractivity contribution >= 4 is 52.5 Å². The molecule has 1 aromatic heterocycles. The van der Waals surface area contributed by atoms with Gasteiger partial charge in [0.25, 0.3) is 5.91 Å². The summed E-state index contributed by atoms with van der Waals surface area (Å²) in [5.41, 5.74) is 2.31. The maximum absolute atomic E-state index is 14.0. The van der Waals surface area contributed by atoms with Gasteiger partial charge < -0.3 is 30.1 Å². The minimum atomic E-state index is -1.13. The standard InChI is InChI=1S/C13H10FN3O3S2.2K/c14-9-6-10-7(2-1-3-15-10)4-8(9)5-11(18)17(13(20)22)16-12(19)21;;/h1-4,6H,5H2,(H,20,22)(H2,16,19,21);;/q;2*+1/p-2. The van der Waals surface area contributed by atoms with E-state index >= 15 is 0 Å². The van der Waals surface area contributed by atoms with E-state index in [4.69, 9.17) is 0 Å². The number of amides is 3. The van der Waals surface area contributed by atoms with Crippen LogP contribution in [0.5, 0.6) is 0 Å². The zero-order valence-electron chi connectivity index (χ0n) is 12.9. The molecule has 0 aliphatic carbocycles. The number of fused-ring (bicyclic) bond motifs is 1. The second-order valence-corrected chi connectivity index (χ2v) is 4.93. The normalized spacial score (nSPS) is 9.38. The van der Waals surface area contributed by atoms with Crippen molar-refractivity contribution in [1.29, 1.82) is 0 Å². The Labute approximate surface area is 233 Å². The Morgan fingerprint density at radius 2 is 1.88 bits per heavy atom. The van der Waals surface area contributed by atoms with E-state index in [9.17, 15) is 18.8 Å². The van der Waals surface area contributed by atoms with Crippen molar-refractivity contribution in [2.75, 3.05) is 0 Å². The summed E-state index contributed by atoms with van der Waals surface area (Å²) in [4.78, 5) is 37.9. The zero-order chi connectivity index (χ0) is 16.3. The Balaban J connectivity index is 0.00000264. The Morgan fingerprint density at radius 1 is 1.21 bits per heavy atom. The first-order chi connectivity index (χ1) is 10.4. The number of imide groups is 1. The molecule has 2 rings (SSSR count). The number of pyridine rings is 1. The van der Waals surface area contributed by atoms with E-state index in [1.807, 2.05) is 5.43 Å². The van der Waals surface area contributed by atoms with E-state index in [0.717, 1.165) is 0 Å². The fraction of sp³-hybridized carbons (Fsp3) is 0.0769. The molecule has 1 heterocycles. The summed E-state index contributed by atoms with van der Waals surface area (Å²) < 4.78 is 14.0. The van der Waals surface area contributed by atoms with Gasteiger partial charge >= 0.3 is 103 Å². The number of aromatic nitrogens is 1. The molecule has 1 aromatic carbocycles. The van der Waals surface area contributed by atoms with Crippen LogP contribution in [0.1, 0.15) is 5.56 Å². The second-order valence-electron chi connectivity index (χ2n) is 4.21. The summed E-state index contributed by atoms with van der Waals surface area (Å²) in [6, 6.07) is 6.00. The molecular formula is C13H8FK2N3O3S2. The summed E-state index contributed by atoms with van der Waals surface area (Å²) in [6.07, 6.45) is 1.05. The molecule has 0 saturated carbocycles. The minimum Gasteiger partial charge on any atom is -0.717 e. The monoisotopic (exact) mass is 415 g/mol. The summed E-state index contributed by atoms with van der Waals surface area (Å²) >= 11 is 8.54. The molecule has 0 radical (unpaired) electrons. The predicted octanol–water partition coefficient (Wildman–Crippen LogP) is -4.41. The van der Waals surface area contributed by atoms with E-state index in [2.05, 4.69) is 30.2 Å². The molecule has 0 atom stereocenters. The number of halogens is 1. The van der Waals surface area contributed by atoms with Gasteiger partial charge in [-0.15, -0.1) is 0 Å². The molecule has 3 amide bonds. The molecule has 24 heavy (non-hydrogen) atoms. The molecule has 114 valence electrons. The van der Waals surface area contributed by atoms with Gasteiger partial charge in [-0.2, -0.15) is 0 Å². The molecule has 0 unspecified atom stereocenters.